The molecule has 0 aliphatic heterocycles. The number of amides is 3. The van der Waals surface area contributed by atoms with E-state index in [0.29, 0.717) is 11.0 Å². The van der Waals surface area contributed by atoms with Crippen LogP contribution >= 0.6 is 15.9 Å². The molecule has 0 spiro atoms. The van der Waals surface area contributed by atoms with Gasteiger partial charge in [0.15, 0.2) is 0 Å². The molecule has 1 rings (SSSR count). The van der Waals surface area contributed by atoms with Crippen LogP contribution in [0.3, 0.4) is 0 Å². The molecule has 1 aromatic heterocycles. The lowest BCUT2D eigenvalue weighted by atomic mass is 10.2. The number of pyridine rings is 1. The number of nitrogens with one attached hydrogen (secondary N) is 2. The Kier molecular flexibility index (Phi) is 4.89. The predicted octanol–water partition coefficient (Wildman–Crippen LogP) is 1.47. The van der Waals surface area contributed by atoms with Crippen molar-refractivity contribution in [1.29, 1.82) is 0 Å². The monoisotopic (exact) mass is 300 g/mol. The number of aromatic nitrogens is 1. The molecule has 0 aliphatic rings. The van der Waals surface area contributed by atoms with Gasteiger partial charge in [-0.3, -0.25) is 10.1 Å². The topological polar surface area (TPSA) is 97.1 Å². The molecule has 4 N–H and O–H groups in total. The zero-order valence-electron chi connectivity index (χ0n) is 9.29. The SMILES string of the molecule is CCCNC(=O)Nc1cc(C(N)=O)c(Br)cn1. The first-order valence-corrected chi connectivity index (χ1v) is 5.84. The summed E-state index contributed by atoms with van der Waals surface area (Å²) in [5.41, 5.74) is 5.44. The molecule has 0 radical (unpaired) electrons. The van der Waals surface area contributed by atoms with Gasteiger partial charge in [0.2, 0.25) is 5.91 Å². The molecular formula is C10H13BrN4O2. The van der Waals surface area contributed by atoms with Crippen molar-refractivity contribution in [3.63, 3.8) is 0 Å². The van der Waals surface area contributed by atoms with Crippen molar-refractivity contribution in [3.8, 4) is 0 Å². The Labute approximate surface area is 107 Å². The number of rotatable bonds is 4. The third kappa shape index (κ3) is 4.03. The molecule has 7 heteroatoms. The fourth-order valence-corrected chi connectivity index (χ4v) is 1.51. The number of halogens is 1. The lowest BCUT2D eigenvalue weighted by Crippen LogP contribution is -2.29. The maximum Gasteiger partial charge on any atom is 0.320 e. The first-order valence-electron chi connectivity index (χ1n) is 5.04. The number of hydrogen-bond acceptors (Lipinski definition) is 3. The van der Waals surface area contributed by atoms with Gasteiger partial charge in [0.25, 0.3) is 0 Å². The Bertz CT molecular complexity index is 436. The van der Waals surface area contributed by atoms with E-state index in [0.717, 1.165) is 6.42 Å². The minimum atomic E-state index is -0.587. The molecule has 0 aliphatic carbocycles. The summed E-state index contributed by atoms with van der Waals surface area (Å²) in [5.74, 6) is -0.313. The van der Waals surface area contributed by atoms with Gasteiger partial charge in [-0.1, -0.05) is 6.92 Å². The van der Waals surface area contributed by atoms with E-state index in [2.05, 4.69) is 31.5 Å². The van der Waals surface area contributed by atoms with E-state index < -0.39 is 5.91 Å². The number of primary amides is 1. The predicted molar refractivity (Wildman–Crippen MR) is 67.8 cm³/mol. The Morgan fingerprint density at radius 2 is 2.24 bits per heavy atom. The molecule has 0 saturated heterocycles. The van der Waals surface area contributed by atoms with Crippen LogP contribution in [0, 0.1) is 0 Å². The summed E-state index contributed by atoms with van der Waals surface area (Å²) in [5, 5.41) is 5.14. The standard InChI is InChI=1S/C10H13BrN4O2/c1-2-3-13-10(17)15-8-4-6(9(12)16)7(11)5-14-8/h4-5H,2-3H2,1H3,(H2,12,16)(H2,13,14,15,17). The van der Waals surface area contributed by atoms with Crippen LogP contribution in [0.5, 0.6) is 0 Å². The van der Waals surface area contributed by atoms with Gasteiger partial charge >= 0.3 is 6.03 Å². The first-order chi connectivity index (χ1) is 8.04. The van der Waals surface area contributed by atoms with Crippen molar-refractivity contribution >= 4 is 33.7 Å². The van der Waals surface area contributed by atoms with E-state index in [1.165, 1.54) is 12.3 Å². The molecule has 1 aromatic rings. The second kappa shape index (κ2) is 6.19. The van der Waals surface area contributed by atoms with Crippen LogP contribution < -0.4 is 16.4 Å². The zero-order valence-corrected chi connectivity index (χ0v) is 10.9. The minimum Gasteiger partial charge on any atom is -0.366 e. The fourth-order valence-electron chi connectivity index (χ4n) is 1.09. The quantitative estimate of drug-likeness (QED) is 0.785. The highest BCUT2D eigenvalue weighted by Crippen LogP contribution is 2.17. The summed E-state index contributed by atoms with van der Waals surface area (Å²) in [6.45, 7) is 2.52. The summed E-state index contributed by atoms with van der Waals surface area (Å²) in [4.78, 5) is 26.4. The van der Waals surface area contributed by atoms with Crippen LogP contribution in [-0.2, 0) is 0 Å². The van der Waals surface area contributed by atoms with Gasteiger partial charge in [-0.05, 0) is 28.4 Å². The minimum absolute atomic E-state index is 0.269. The number of carbonyl (C=O) groups excluding carboxylic acids is 2. The molecule has 0 aromatic carbocycles. The Balaban J connectivity index is 2.75. The second-order valence-electron chi connectivity index (χ2n) is 3.29. The number of urea groups is 1. The maximum atomic E-state index is 11.3. The third-order valence-electron chi connectivity index (χ3n) is 1.90. The molecule has 0 fully saturated rings. The van der Waals surface area contributed by atoms with Gasteiger partial charge < -0.3 is 11.1 Å². The van der Waals surface area contributed by atoms with Crippen LogP contribution in [0.15, 0.2) is 16.7 Å². The Morgan fingerprint density at radius 1 is 1.53 bits per heavy atom. The van der Waals surface area contributed by atoms with Gasteiger partial charge in [-0.2, -0.15) is 0 Å². The van der Waals surface area contributed by atoms with Crippen LogP contribution in [0.25, 0.3) is 0 Å². The molecule has 0 unspecified atom stereocenters. The highest BCUT2D eigenvalue weighted by Gasteiger charge is 2.09. The van der Waals surface area contributed by atoms with Crippen molar-refractivity contribution in [2.45, 2.75) is 13.3 Å². The summed E-state index contributed by atoms with van der Waals surface area (Å²) < 4.78 is 0.490. The molecule has 17 heavy (non-hydrogen) atoms. The maximum absolute atomic E-state index is 11.3. The highest BCUT2D eigenvalue weighted by molar-refractivity contribution is 9.10. The third-order valence-corrected chi connectivity index (χ3v) is 2.53. The molecule has 0 saturated carbocycles. The van der Waals surface area contributed by atoms with E-state index in [9.17, 15) is 9.59 Å². The first kappa shape index (κ1) is 13.4. The van der Waals surface area contributed by atoms with E-state index in [1.807, 2.05) is 6.92 Å². The van der Waals surface area contributed by atoms with Crippen LogP contribution in [0.2, 0.25) is 0 Å². The Hall–Kier alpha value is -1.63. The van der Waals surface area contributed by atoms with Crippen LogP contribution in [-0.4, -0.2) is 23.5 Å². The normalized spacial score (nSPS) is 9.76. The molecule has 0 atom stereocenters. The number of nitrogens with zero attached hydrogens (tertiary/aromatic N) is 1. The highest BCUT2D eigenvalue weighted by atomic mass is 79.9. The summed E-state index contributed by atoms with van der Waals surface area (Å²) in [6, 6.07) is 1.05. The molecule has 3 amide bonds. The largest absolute Gasteiger partial charge is 0.366 e. The number of anilines is 1. The van der Waals surface area contributed by atoms with E-state index in [4.69, 9.17) is 5.73 Å². The molecule has 0 bridgehead atoms. The summed E-state index contributed by atoms with van der Waals surface area (Å²) in [6.07, 6.45) is 2.25. The van der Waals surface area contributed by atoms with E-state index in [-0.39, 0.29) is 17.4 Å². The molecule has 6 nitrogen and oxygen atoms in total. The Morgan fingerprint density at radius 3 is 2.82 bits per heavy atom. The lowest BCUT2D eigenvalue weighted by Gasteiger charge is -2.07. The zero-order chi connectivity index (χ0) is 12.8. The molecular weight excluding hydrogens is 288 g/mol. The van der Waals surface area contributed by atoms with Gasteiger partial charge in [-0.15, -0.1) is 0 Å². The van der Waals surface area contributed by atoms with Gasteiger partial charge in [0.1, 0.15) is 5.82 Å². The van der Waals surface area contributed by atoms with Crippen molar-refractivity contribution in [1.82, 2.24) is 10.3 Å². The van der Waals surface area contributed by atoms with Crippen LogP contribution in [0.1, 0.15) is 23.7 Å². The van der Waals surface area contributed by atoms with Crippen LogP contribution in [0.4, 0.5) is 10.6 Å². The second-order valence-corrected chi connectivity index (χ2v) is 4.15. The van der Waals surface area contributed by atoms with E-state index >= 15 is 0 Å². The average molecular weight is 301 g/mol. The van der Waals surface area contributed by atoms with Gasteiger partial charge in [0, 0.05) is 17.2 Å². The smallest absolute Gasteiger partial charge is 0.320 e. The van der Waals surface area contributed by atoms with Crippen molar-refractivity contribution in [3.05, 3.63) is 22.3 Å². The molecule has 92 valence electrons. The number of hydrogen-bond donors (Lipinski definition) is 3. The number of carbonyl (C=O) groups is 2. The lowest BCUT2D eigenvalue weighted by molar-refractivity contribution is 0.0999. The number of nitrogens with two attached hydrogens (primary N) is 1. The van der Waals surface area contributed by atoms with Gasteiger partial charge in [0.05, 0.1) is 5.56 Å². The fraction of sp³-hybridized carbons (Fsp3) is 0.300. The summed E-state index contributed by atoms with van der Waals surface area (Å²) in [7, 11) is 0. The van der Waals surface area contributed by atoms with Crippen molar-refractivity contribution < 1.29 is 9.59 Å². The van der Waals surface area contributed by atoms with Gasteiger partial charge in [-0.25, -0.2) is 9.78 Å². The summed E-state index contributed by atoms with van der Waals surface area (Å²) >= 11 is 3.15. The van der Waals surface area contributed by atoms with E-state index in [1.54, 1.807) is 0 Å². The van der Waals surface area contributed by atoms with Crippen molar-refractivity contribution in [2.24, 2.45) is 5.73 Å². The molecule has 1 heterocycles. The average Bonchev–Trinajstić information content (AvgIpc) is 2.28. The van der Waals surface area contributed by atoms with Crippen molar-refractivity contribution in [2.75, 3.05) is 11.9 Å².